The number of para-hydroxylation sites is 1. The summed E-state index contributed by atoms with van der Waals surface area (Å²) in [5.74, 6) is 1.04. The molecule has 0 radical (unpaired) electrons. The third kappa shape index (κ3) is 2.91. The maximum absolute atomic E-state index is 5.91. The first-order chi connectivity index (χ1) is 9.38. The van der Waals surface area contributed by atoms with Crippen molar-refractivity contribution < 1.29 is 9.47 Å². The van der Waals surface area contributed by atoms with Crippen LogP contribution >= 0.6 is 11.8 Å². The molecule has 0 aliphatic carbocycles. The topological polar surface area (TPSA) is 30.5 Å². The zero-order valence-corrected chi connectivity index (χ0v) is 12.1. The number of fused-ring (bicyclic) bond motifs is 1. The van der Waals surface area contributed by atoms with Crippen LogP contribution in [0.15, 0.2) is 24.3 Å². The van der Waals surface area contributed by atoms with E-state index in [2.05, 4.69) is 30.4 Å². The van der Waals surface area contributed by atoms with E-state index in [1.165, 1.54) is 5.56 Å². The smallest absolute Gasteiger partial charge is 0.124 e. The van der Waals surface area contributed by atoms with Crippen molar-refractivity contribution in [3.8, 4) is 5.75 Å². The zero-order valence-electron chi connectivity index (χ0n) is 11.3. The van der Waals surface area contributed by atoms with E-state index in [4.69, 9.17) is 9.47 Å². The fourth-order valence-electron chi connectivity index (χ4n) is 2.54. The monoisotopic (exact) mass is 279 g/mol. The number of hydrogen-bond acceptors (Lipinski definition) is 4. The maximum Gasteiger partial charge on any atom is 0.124 e. The van der Waals surface area contributed by atoms with Gasteiger partial charge in [-0.05, 0) is 19.0 Å². The van der Waals surface area contributed by atoms with Crippen molar-refractivity contribution in [1.29, 1.82) is 0 Å². The van der Waals surface area contributed by atoms with Crippen molar-refractivity contribution in [1.82, 2.24) is 5.32 Å². The summed E-state index contributed by atoms with van der Waals surface area (Å²) in [5.41, 5.74) is 1.31. The van der Waals surface area contributed by atoms with Gasteiger partial charge in [0.05, 0.1) is 29.8 Å². The van der Waals surface area contributed by atoms with Crippen LogP contribution in [0.1, 0.15) is 24.9 Å². The number of ether oxygens (including phenoxy) is 2. The standard InChI is InChI=1S/C15H21NO2S/c1-2-7-16-15-12-5-3-4-6-13(12)18-10-14(15)19-11-8-17-9-11/h3-6,11,14-16H,2,7-10H2,1H3. The third-order valence-corrected chi connectivity index (χ3v) is 5.03. The fourth-order valence-corrected chi connectivity index (χ4v) is 3.93. The lowest BCUT2D eigenvalue weighted by Gasteiger charge is -2.37. The number of thioether (sulfide) groups is 1. The van der Waals surface area contributed by atoms with Crippen molar-refractivity contribution in [3.63, 3.8) is 0 Å². The lowest BCUT2D eigenvalue weighted by molar-refractivity contribution is 0.0449. The van der Waals surface area contributed by atoms with Gasteiger partial charge >= 0.3 is 0 Å². The van der Waals surface area contributed by atoms with E-state index in [1.54, 1.807) is 0 Å². The van der Waals surface area contributed by atoms with E-state index >= 15 is 0 Å². The Hall–Kier alpha value is -0.710. The van der Waals surface area contributed by atoms with Crippen molar-refractivity contribution in [2.24, 2.45) is 0 Å². The average molecular weight is 279 g/mol. The Balaban J connectivity index is 1.76. The fraction of sp³-hybridized carbons (Fsp3) is 0.600. The van der Waals surface area contributed by atoms with Gasteiger partial charge in [-0.1, -0.05) is 25.1 Å². The summed E-state index contributed by atoms with van der Waals surface area (Å²) in [7, 11) is 0. The van der Waals surface area contributed by atoms with Crippen LogP contribution in [0.4, 0.5) is 0 Å². The second-order valence-corrected chi connectivity index (χ2v) is 6.66. The minimum atomic E-state index is 0.399. The summed E-state index contributed by atoms with van der Waals surface area (Å²) < 4.78 is 11.2. The number of rotatable bonds is 5. The molecule has 0 amide bonds. The molecule has 2 unspecified atom stereocenters. The summed E-state index contributed by atoms with van der Waals surface area (Å²) in [6.07, 6.45) is 1.16. The van der Waals surface area contributed by atoms with E-state index in [0.717, 1.165) is 38.5 Å². The predicted octanol–water partition coefficient (Wildman–Crippen LogP) is 2.62. The Kier molecular flexibility index (Phi) is 4.31. The van der Waals surface area contributed by atoms with Gasteiger partial charge in [-0.15, -0.1) is 11.8 Å². The van der Waals surface area contributed by atoms with Crippen LogP contribution < -0.4 is 10.1 Å². The Morgan fingerprint density at radius 2 is 2.11 bits per heavy atom. The molecule has 1 fully saturated rings. The van der Waals surface area contributed by atoms with Crippen LogP contribution in [0.2, 0.25) is 0 Å². The van der Waals surface area contributed by atoms with Crippen LogP contribution in [-0.4, -0.2) is 36.9 Å². The van der Waals surface area contributed by atoms with Crippen molar-refractivity contribution in [2.75, 3.05) is 26.4 Å². The minimum Gasteiger partial charge on any atom is -0.492 e. The molecule has 3 rings (SSSR count). The highest BCUT2D eigenvalue weighted by Gasteiger charge is 2.34. The first kappa shape index (κ1) is 13.3. The summed E-state index contributed by atoms with van der Waals surface area (Å²) >= 11 is 2.02. The average Bonchev–Trinajstić information content (AvgIpc) is 2.41. The van der Waals surface area contributed by atoms with Crippen LogP contribution in [0.5, 0.6) is 5.75 Å². The van der Waals surface area contributed by atoms with Gasteiger partial charge in [0.15, 0.2) is 0 Å². The second kappa shape index (κ2) is 6.16. The molecule has 3 nitrogen and oxygen atoms in total. The largest absolute Gasteiger partial charge is 0.492 e. The quantitative estimate of drug-likeness (QED) is 0.897. The Morgan fingerprint density at radius 3 is 2.84 bits per heavy atom. The molecule has 0 bridgehead atoms. The van der Waals surface area contributed by atoms with Gasteiger partial charge in [-0.2, -0.15) is 0 Å². The Morgan fingerprint density at radius 1 is 1.26 bits per heavy atom. The molecular weight excluding hydrogens is 258 g/mol. The van der Waals surface area contributed by atoms with Gasteiger partial charge in [-0.25, -0.2) is 0 Å². The molecule has 2 atom stereocenters. The van der Waals surface area contributed by atoms with Gasteiger partial charge in [0, 0.05) is 5.56 Å². The van der Waals surface area contributed by atoms with Gasteiger partial charge < -0.3 is 14.8 Å². The predicted molar refractivity (Wildman–Crippen MR) is 79.0 cm³/mol. The number of hydrogen-bond donors (Lipinski definition) is 1. The second-order valence-electron chi connectivity index (χ2n) is 5.11. The highest BCUT2D eigenvalue weighted by atomic mass is 32.2. The highest BCUT2D eigenvalue weighted by molar-refractivity contribution is 8.00. The summed E-state index contributed by atoms with van der Waals surface area (Å²) in [6, 6.07) is 8.80. The van der Waals surface area contributed by atoms with E-state index < -0.39 is 0 Å². The van der Waals surface area contributed by atoms with E-state index in [0.29, 0.717) is 16.5 Å². The maximum atomic E-state index is 5.91. The molecular formula is C15H21NO2S. The normalized spacial score (nSPS) is 26.4. The Bertz CT molecular complexity index is 422. The van der Waals surface area contributed by atoms with Crippen LogP contribution in [0.25, 0.3) is 0 Å². The Labute approximate surface area is 119 Å². The third-order valence-electron chi connectivity index (χ3n) is 3.62. The minimum absolute atomic E-state index is 0.399. The molecule has 2 heterocycles. The van der Waals surface area contributed by atoms with Crippen molar-refractivity contribution in [2.45, 2.75) is 29.9 Å². The number of nitrogens with one attached hydrogen (secondary N) is 1. The molecule has 0 aromatic heterocycles. The first-order valence-electron chi connectivity index (χ1n) is 7.06. The molecule has 1 aromatic rings. The van der Waals surface area contributed by atoms with Crippen LogP contribution in [0.3, 0.4) is 0 Å². The SMILES string of the molecule is CCCNC1c2ccccc2OCC1SC1COC1. The lowest BCUT2D eigenvalue weighted by Crippen LogP contribution is -2.42. The van der Waals surface area contributed by atoms with Gasteiger partial charge in [0.1, 0.15) is 12.4 Å². The molecule has 4 heteroatoms. The van der Waals surface area contributed by atoms with E-state index in [-0.39, 0.29) is 0 Å². The summed E-state index contributed by atoms with van der Waals surface area (Å²) in [6.45, 7) is 5.84. The van der Waals surface area contributed by atoms with E-state index in [9.17, 15) is 0 Å². The molecule has 1 N–H and O–H groups in total. The van der Waals surface area contributed by atoms with Crippen LogP contribution in [0, 0.1) is 0 Å². The summed E-state index contributed by atoms with van der Waals surface area (Å²) in [5, 5.41) is 4.81. The van der Waals surface area contributed by atoms with Crippen molar-refractivity contribution in [3.05, 3.63) is 29.8 Å². The van der Waals surface area contributed by atoms with Crippen molar-refractivity contribution >= 4 is 11.8 Å². The molecule has 1 aromatic carbocycles. The van der Waals surface area contributed by atoms with Gasteiger partial charge in [0.2, 0.25) is 0 Å². The van der Waals surface area contributed by atoms with E-state index in [1.807, 2.05) is 17.8 Å². The number of benzene rings is 1. The lowest BCUT2D eigenvalue weighted by atomic mass is 10.00. The molecule has 0 saturated carbocycles. The molecule has 2 aliphatic rings. The molecule has 0 spiro atoms. The molecule has 104 valence electrons. The zero-order chi connectivity index (χ0) is 13.1. The molecule has 1 saturated heterocycles. The summed E-state index contributed by atoms with van der Waals surface area (Å²) in [4.78, 5) is 0. The highest BCUT2D eigenvalue weighted by Crippen LogP contribution is 2.39. The van der Waals surface area contributed by atoms with Gasteiger partial charge in [0.25, 0.3) is 0 Å². The molecule has 19 heavy (non-hydrogen) atoms. The molecule has 2 aliphatic heterocycles. The first-order valence-corrected chi connectivity index (χ1v) is 8.01. The van der Waals surface area contributed by atoms with Gasteiger partial charge in [-0.3, -0.25) is 0 Å². The van der Waals surface area contributed by atoms with Crippen LogP contribution in [-0.2, 0) is 4.74 Å².